The highest BCUT2D eigenvalue weighted by Gasteiger charge is 2.19. The molecule has 0 saturated carbocycles. The molecule has 4 nitrogen and oxygen atoms in total. The molecule has 0 atom stereocenters. The van der Waals surface area contributed by atoms with Crippen LogP contribution in [0, 0.1) is 0 Å². The van der Waals surface area contributed by atoms with Crippen LogP contribution in [0.1, 0.15) is 38.2 Å². The third-order valence-corrected chi connectivity index (χ3v) is 4.20. The highest BCUT2D eigenvalue weighted by molar-refractivity contribution is 5.92. The van der Waals surface area contributed by atoms with E-state index in [1.807, 2.05) is 19.2 Å². The zero-order chi connectivity index (χ0) is 15.2. The summed E-state index contributed by atoms with van der Waals surface area (Å²) in [7, 11) is 2.01. The maximum atomic E-state index is 12.1. The van der Waals surface area contributed by atoms with Gasteiger partial charge < -0.3 is 10.6 Å². The number of rotatable bonds is 5. The maximum Gasteiger partial charge on any atom is 0.238 e. The number of carbonyl (C=O) groups excluding carboxylic acids is 1. The second-order valence-electron chi connectivity index (χ2n) is 6.17. The first-order valence-corrected chi connectivity index (χ1v) is 7.88. The van der Waals surface area contributed by atoms with Gasteiger partial charge >= 0.3 is 0 Å². The van der Waals surface area contributed by atoms with Gasteiger partial charge in [0.25, 0.3) is 0 Å². The number of hydrogen-bond acceptors (Lipinski definition) is 3. The third kappa shape index (κ3) is 4.83. The monoisotopic (exact) mass is 289 g/mol. The zero-order valence-corrected chi connectivity index (χ0v) is 13.4. The largest absolute Gasteiger partial charge is 0.325 e. The molecule has 0 bridgehead atoms. The van der Waals surface area contributed by atoms with Crippen molar-refractivity contribution in [3.05, 3.63) is 29.8 Å². The van der Waals surface area contributed by atoms with Crippen molar-refractivity contribution in [2.24, 2.45) is 0 Å². The fourth-order valence-corrected chi connectivity index (χ4v) is 2.76. The van der Waals surface area contributed by atoms with Crippen molar-refractivity contribution < 1.29 is 4.79 Å². The van der Waals surface area contributed by atoms with Gasteiger partial charge in [0.1, 0.15) is 0 Å². The van der Waals surface area contributed by atoms with Gasteiger partial charge in [-0.15, -0.1) is 0 Å². The summed E-state index contributed by atoms with van der Waals surface area (Å²) < 4.78 is 0. The number of nitrogens with one attached hydrogen (secondary N) is 2. The number of carbonyl (C=O) groups is 1. The predicted molar refractivity (Wildman–Crippen MR) is 87.7 cm³/mol. The Hall–Kier alpha value is -1.39. The van der Waals surface area contributed by atoms with E-state index in [2.05, 4.69) is 41.5 Å². The van der Waals surface area contributed by atoms with Gasteiger partial charge in [-0.1, -0.05) is 26.0 Å². The zero-order valence-electron chi connectivity index (χ0n) is 13.4. The molecule has 2 N–H and O–H groups in total. The summed E-state index contributed by atoms with van der Waals surface area (Å²) in [5.41, 5.74) is 2.15. The molecular weight excluding hydrogens is 262 g/mol. The number of anilines is 1. The van der Waals surface area contributed by atoms with Crippen molar-refractivity contribution in [2.75, 3.05) is 32.0 Å². The fourth-order valence-electron chi connectivity index (χ4n) is 2.76. The maximum absolute atomic E-state index is 12.1. The van der Waals surface area contributed by atoms with Gasteiger partial charge in [0, 0.05) is 24.8 Å². The predicted octanol–water partition coefficient (Wildman–Crippen LogP) is 2.43. The van der Waals surface area contributed by atoms with Crippen LogP contribution in [0.3, 0.4) is 0 Å². The van der Waals surface area contributed by atoms with Crippen LogP contribution < -0.4 is 10.6 Å². The lowest BCUT2D eigenvalue weighted by atomic mass is 10.0. The van der Waals surface area contributed by atoms with Crippen LogP contribution in [0.15, 0.2) is 24.3 Å². The number of hydrogen-bond donors (Lipinski definition) is 2. The van der Waals surface area contributed by atoms with Crippen molar-refractivity contribution in [1.82, 2.24) is 10.2 Å². The van der Waals surface area contributed by atoms with Crippen LogP contribution >= 0.6 is 0 Å². The molecular formula is C17H27N3O. The van der Waals surface area contributed by atoms with Gasteiger partial charge in [-0.3, -0.25) is 9.69 Å². The van der Waals surface area contributed by atoms with Gasteiger partial charge in [-0.2, -0.15) is 0 Å². The molecule has 1 aliphatic heterocycles. The number of amides is 1. The van der Waals surface area contributed by atoms with Crippen LogP contribution in [0.2, 0.25) is 0 Å². The molecule has 0 radical (unpaired) electrons. The molecule has 1 aliphatic rings. The quantitative estimate of drug-likeness (QED) is 0.875. The smallest absolute Gasteiger partial charge is 0.238 e. The van der Waals surface area contributed by atoms with Crippen molar-refractivity contribution in [1.29, 1.82) is 0 Å². The van der Waals surface area contributed by atoms with Crippen LogP contribution in [0.4, 0.5) is 5.69 Å². The summed E-state index contributed by atoms with van der Waals surface area (Å²) in [4.78, 5) is 14.4. The molecule has 21 heavy (non-hydrogen) atoms. The van der Waals surface area contributed by atoms with E-state index < -0.39 is 0 Å². The van der Waals surface area contributed by atoms with Crippen LogP contribution in [0.5, 0.6) is 0 Å². The summed E-state index contributed by atoms with van der Waals surface area (Å²) in [5, 5.41) is 6.32. The molecule has 0 unspecified atom stereocenters. The lowest BCUT2D eigenvalue weighted by Crippen LogP contribution is -2.44. The number of piperidine rings is 1. The molecule has 1 aromatic carbocycles. The van der Waals surface area contributed by atoms with E-state index in [1.54, 1.807) is 0 Å². The number of likely N-dealkylation sites (tertiary alicyclic amines) is 1. The first kappa shape index (κ1) is 16.0. The molecule has 1 saturated heterocycles. The second-order valence-corrected chi connectivity index (χ2v) is 6.17. The average Bonchev–Trinajstić information content (AvgIpc) is 2.48. The summed E-state index contributed by atoms with van der Waals surface area (Å²) in [6.45, 7) is 6.79. The molecule has 1 aromatic rings. The van der Waals surface area contributed by atoms with E-state index in [0.717, 1.165) is 31.6 Å². The molecule has 0 aliphatic carbocycles. The van der Waals surface area contributed by atoms with Gasteiger partial charge in [-0.05, 0) is 43.5 Å². The van der Waals surface area contributed by atoms with Gasteiger partial charge in [0.15, 0.2) is 0 Å². The molecule has 116 valence electrons. The fraction of sp³-hybridized carbons (Fsp3) is 0.588. The van der Waals surface area contributed by atoms with Gasteiger partial charge in [0.05, 0.1) is 6.54 Å². The van der Waals surface area contributed by atoms with Crippen molar-refractivity contribution >= 4 is 11.6 Å². The second kappa shape index (κ2) is 7.57. The Morgan fingerprint density at radius 1 is 1.33 bits per heavy atom. The van der Waals surface area contributed by atoms with E-state index in [0.29, 0.717) is 18.5 Å². The third-order valence-electron chi connectivity index (χ3n) is 4.20. The summed E-state index contributed by atoms with van der Waals surface area (Å²) >= 11 is 0. The van der Waals surface area contributed by atoms with E-state index in [4.69, 9.17) is 0 Å². The van der Waals surface area contributed by atoms with Gasteiger partial charge in [0.2, 0.25) is 5.91 Å². The lowest BCUT2D eigenvalue weighted by molar-refractivity contribution is -0.117. The standard InChI is InChI=1S/C17H27N3O/c1-13(2)14-5-4-6-16(11-14)19-17(21)12-20-9-7-15(18-3)8-10-20/h4-6,11,13,15,18H,7-10,12H2,1-3H3,(H,19,21). The van der Waals surface area contributed by atoms with E-state index in [1.165, 1.54) is 5.56 Å². The Labute approximate surface area is 127 Å². The van der Waals surface area contributed by atoms with Gasteiger partial charge in [-0.25, -0.2) is 0 Å². The van der Waals surface area contributed by atoms with Crippen molar-refractivity contribution in [3.63, 3.8) is 0 Å². The first-order chi connectivity index (χ1) is 10.1. The molecule has 0 spiro atoms. The Balaban J connectivity index is 1.83. The summed E-state index contributed by atoms with van der Waals surface area (Å²) in [6.07, 6.45) is 2.24. The summed E-state index contributed by atoms with van der Waals surface area (Å²) in [5.74, 6) is 0.557. The highest BCUT2D eigenvalue weighted by atomic mass is 16.2. The Morgan fingerprint density at radius 3 is 2.67 bits per heavy atom. The molecule has 1 heterocycles. The van der Waals surface area contributed by atoms with Crippen LogP contribution in [0.25, 0.3) is 0 Å². The average molecular weight is 289 g/mol. The SMILES string of the molecule is CNC1CCN(CC(=O)Nc2cccc(C(C)C)c2)CC1. The summed E-state index contributed by atoms with van der Waals surface area (Å²) in [6, 6.07) is 8.73. The van der Waals surface area contributed by atoms with E-state index in [9.17, 15) is 4.79 Å². The Kier molecular flexibility index (Phi) is 5.76. The topological polar surface area (TPSA) is 44.4 Å². The molecule has 1 fully saturated rings. The Morgan fingerprint density at radius 2 is 2.05 bits per heavy atom. The minimum absolute atomic E-state index is 0.0822. The van der Waals surface area contributed by atoms with E-state index in [-0.39, 0.29) is 5.91 Å². The molecule has 1 amide bonds. The van der Waals surface area contributed by atoms with E-state index >= 15 is 0 Å². The first-order valence-electron chi connectivity index (χ1n) is 7.88. The number of benzene rings is 1. The van der Waals surface area contributed by atoms with Crippen LogP contribution in [-0.4, -0.2) is 43.5 Å². The molecule has 4 heteroatoms. The molecule has 2 rings (SSSR count). The normalized spacial score (nSPS) is 17.1. The molecule has 0 aromatic heterocycles. The highest BCUT2D eigenvalue weighted by Crippen LogP contribution is 2.18. The van der Waals surface area contributed by atoms with Crippen LogP contribution in [-0.2, 0) is 4.79 Å². The van der Waals surface area contributed by atoms with Crippen molar-refractivity contribution in [3.8, 4) is 0 Å². The number of nitrogens with zero attached hydrogens (tertiary/aromatic N) is 1. The van der Waals surface area contributed by atoms with Crippen molar-refractivity contribution in [2.45, 2.75) is 38.6 Å². The minimum Gasteiger partial charge on any atom is -0.325 e. The lowest BCUT2D eigenvalue weighted by Gasteiger charge is -2.31. The minimum atomic E-state index is 0.0822. The Bertz CT molecular complexity index is 465.